The Hall–Kier alpha value is -2.27. The van der Waals surface area contributed by atoms with Crippen molar-refractivity contribution in [1.82, 2.24) is 4.98 Å². The van der Waals surface area contributed by atoms with Gasteiger partial charge in [0.05, 0.1) is 16.4 Å². The molecule has 4 N–H and O–H groups in total. The minimum Gasteiger partial charge on any atom is -0.397 e. The smallest absolute Gasteiger partial charge is 0.272 e. The fourth-order valence-corrected chi connectivity index (χ4v) is 1.66. The number of anilines is 2. The molecule has 5 nitrogen and oxygen atoms in total. The van der Waals surface area contributed by atoms with E-state index < -0.39 is 5.91 Å². The van der Waals surface area contributed by atoms with Crippen molar-refractivity contribution in [3.05, 3.63) is 57.5 Å². The summed E-state index contributed by atoms with van der Waals surface area (Å²) in [6.07, 6.45) is 0. The van der Waals surface area contributed by atoms with Crippen LogP contribution in [-0.4, -0.2) is 10.9 Å². The summed E-state index contributed by atoms with van der Waals surface area (Å²) in [6.45, 7) is 0. The number of hydrogen-bond acceptors (Lipinski definition) is 3. The zero-order valence-corrected chi connectivity index (χ0v) is 9.99. The zero-order chi connectivity index (χ0) is 13.1. The first-order valence-electron chi connectivity index (χ1n) is 5.12. The Morgan fingerprint density at radius 2 is 1.94 bits per heavy atom. The van der Waals surface area contributed by atoms with E-state index in [1.54, 1.807) is 18.2 Å². The number of pyridine rings is 1. The summed E-state index contributed by atoms with van der Waals surface area (Å²) in [7, 11) is 0. The molecule has 0 spiro atoms. The van der Waals surface area contributed by atoms with Gasteiger partial charge < -0.3 is 16.0 Å². The Morgan fingerprint density at radius 3 is 2.61 bits per heavy atom. The van der Waals surface area contributed by atoms with E-state index in [-0.39, 0.29) is 11.3 Å². The first-order valence-corrected chi connectivity index (χ1v) is 5.50. The van der Waals surface area contributed by atoms with Crippen molar-refractivity contribution in [1.29, 1.82) is 0 Å². The molecule has 6 heteroatoms. The van der Waals surface area contributed by atoms with Crippen molar-refractivity contribution in [3.8, 4) is 0 Å². The number of rotatable bonds is 2. The number of nitrogens with two attached hydrogens (primary N) is 1. The van der Waals surface area contributed by atoms with Gasteiger partial charge in [0.1, 0.15) is 5.69 Å². The summed E-state index contributed by atoms with van der Waals surface area (Å²) >= 11 is 5.93. The number of carbonyl (C=O) groups excluding carboxylic acids is 1. The van der Waals surface area contributed by atoms with Crippen LogP contribution in [0.5, 0.6) is 0 Å². The highest BCUT2D eigenvalue weighted by Crippen LogP contribution is 2.27. The van der Waals surface area contributed by atoms with E-state index in [2.05, 4.69) is 10.3 Å². The van der Waals surface area contributed by atoms with Crippen LogP contribution in [0, 0.1) is 0 Å². The molecule has 18 heavy (non-hydrogen) atoms. The minimum atomic E-state index is -0.479. The number of halogens is 1. The van der Waals surface area contributed by atoms with Gasteiger partial charge in [0.2, 0.25) is 5.56 Å². The molecule has 0 aliphatic carbocycles. The van der Waals surface area contributed by atoms with Crippen molar-refractivity contribution in [3.63, 3.8) is 0 Å². The number of aromatic amines is 1. The second-order valence-corrected chi connectivity index (χ2v) is 3.99. The molecule has 0 aliphatic rings. The van der Waals surface area contributed by atoms with E-state index in [0.717, 1.165) is 0 Å². The number of amides is 1. The lowest BCUT2D eigenvalue weighted by molar-refractivity contribution is 0.102. The van der Waals surface area contributed by atoms with E-state index in [4.69, 9.17) is 17.3 Å². The van der Waals surface area contributed by atoms with Crippen LogP contribution in [0.25, 0.3) is 0 Å². The van der Waals surface area contributed by atoms with Gasteiger partial charge in [0.25, 0.3) is 5.91 Å². The van der Waals surface area contributed by atoms with Gasteiger partial charge in [-0.25, -0.2) is 0 Å². The second-order valence-electron chi connectivity index (χ2n) is 3.59. The first-order chi connectivity index (χ1) is 8.58. The highest BCUT2D eigenvalue weighted by atomic mass is 35.5. The monoisotopic (exact) mass is 263 g/mol. The quantitative estimate of drug-likeness (QED) is 0.723. The number of nitrogens with one attached hydrogen (secondary N) is 2. The average Bonchev–Trinajstić information content (AvgIpc) is 2.34. The number of benzene rings is 1. The van der Waals surface area contributed by atoms with Crippen LogP contribution in [0.1, 0.15) is 10.5 Å². The maximum absolute atomic E-state index is 11.9. The molecule has 0 bridgehead atoms. The van der Waals surface area contributed by atoms with Crippen molar-refractivity contribution >= 4 is 28.9 Å². The van der Waals surface area contributed by atoms with Crippen LogP contribution in [-0.2, 0) is 0 Å². The van der Waals surface area contributed by atoms with Gasteiger partial charge in [-0.3, -0.25) is 9.59 Å². The summed E-state index contributed by atoms with van der Waals surface area (Å²) in [4.78, 5) is 25.4. The molecule has 0 saturated heterocycles. The third-order valence-electron chi connectivity index (χ3n) is 2.30. The Bertz CT molecular complexity index is 632. The molecule has 0 radical (unpaired) electrons. The predicted molar refractivity (Wildman–Crippen MR) is 70.9 cm³/mol. The number of carbonyl (C=O) groups is 1. The number of para-hydroxylation sites is 1. The van der Waals surface area contributed by atoms with Gasteiger partial charge in [-0.2, -0.15) is 0 Å². The number of nitrogen functional groups attached to an aromatic ring is 1. The molecule has 1 amide bonds. The molecule has 1 aromatic carbocycles. The van der Waals surface area contributed by atoms with Gasteiger partial charge in [0, 0.05) is 6.07 Å². The number of aromatic nitrogens is 1. The average molecular weight is 264 g/mol. The van der Waals surface area contributed by atoms with Gasteiger partial charge in [0.15, 0.2) is 0 Å². The molecule has 0 saturated carbocycles. The molecular formula is C12H10ClN3O2. The Kier molecular flexibility index (Phi) is 3.34. The molecule has 0 unspecified atom stereocenters. The van der Waals surface area contributed by atoms with Gasteiger partial charge >= 0.3 is 0 Å². The number of hydrogen-bond donors (Lipinski definition) is 3. The lowest BCUT2D eigenvalue weighted by Crippen LogP contribution is -2.18. The predicted octanol–water partition coefficient (Wildman–Crippen LogP) is 1.86. The van der Waals surface area contributed by atoms with E-state index in [1.807, 2.05) is 0 Å². The first kappa shape index (κ1) is 12.2. The fourth-order valence-electron chi connectivity index (χ4n) is 1.43. The zero-order valence-electron chi connectivity index (χ0n) is 9.24. The summed E-state index contributed by atoms with van der Waals surface area (Å²) in [5.41, 5.74) is 6.18. The molecule has 0 atom stereocenters. The summed E-state index contributed by atoms with van der Waals surface area (Å²) in [5, 5.41) is 2.89. The lowest BCUT2D eigenvalue weighted by atomic mass is 10.2. The minimum absolute atomic E-state index is 0.141. The van der Waals surface area contributed by atoms with Crippen LogP contribution in [0.2, 0.25) is 5.02 Å². The molecule has 0 aliphatic heterocycles. The van der Waals surface area contributed by atoms with Crippen LogP contribution in [0.15, 0.2) is 41.2 Å². The Labute approximate surface area is 108 Å². The van der Waals surface area contributed by atoms with Crippen molar-refractivity contribution in [2.24, 2.45) is 0 Å². The highest BCUT2D eigenvalue weighted by molar-refractivity contribution is 6.34. The van der Waals surface area contributed by atoms with Crippen LogP contribution < -0.4 is 16.6 Å². The number of H-pyrrole nitrogens is 1. The van der Waals surface area contributed by atoms with E-state index in [1.165, 1.54) is 18.2 Å². The molecule has 0 fully saturated rings. The van der Waals surface area contributed by atoms with E-state index in [9.17, 15) is 9.59 Å². The largest absolute Gasteiger partial charge is 0.397 e. The van der Waals surface area contributed by atoms with Crippen molar-refractivity contribution < 1.29 is 4.79 Å². The Balaban J connectivity index is 2.30. The normalized spacial score (nSPS) is 10.1. The molecular weight excluding hydrogens is 254 g/mol. The molecule has 1 heterocycles. The summed E-state index contributed by atoms with van der Waals surface area (Å²) in [5.74, 6) is -0.479. The third-order valence-corrected chi connectivity index (χ3v) is 2.61. The SMILES string of the molecule is Nc1cccc(Cl)c1NC(=O)c1cccc(=O)[nH]1. The molecule has 2 rings (SSSR count). The molecule has 92 valence electrons. The van der Waals surface area contributed by atoms with Crippen LogP contribution in [0.3, 0.4) is 0 Å². The maximum Gasteiger partial charge on any atom is 0.272 e. The summed E-state index contributed by atoms with van der Waals surface area (Å²) in [6, 6.07) is 9.21. The van der Waals surface area contributed by atoms with Gasteiger partial charge in [-0.15, -0.1) is 0 Å². The molecule has 1 aromatic heterocycles. The topological polar surface area (TPSA) is 88.0 Å². The standard InChI is InChI=1S/C12H10ClN3O2/c13-7-3-1-4-8(14)11(7)16-12(18)9-5-2-6-10(17)15-9/h1-6H,14H2,(H,15,17)(H,16,18). The van der Waals surface area contributed by atoms with Crippen LogP contribution >= 0.6 is 11.6 Å². The highest BCUT2D eigenvalue weighted by Gasteiger charge is 2.11. The second kappa shape index (κ2) is 4.93. The summed E-state index contributed by atoms with van der Waals surface area (Å²) < 4.78 is 0. The van der Waals surface area contributed by atoms with Gasteiger partial charge in [-0.1, -0.05) is 23.7 Å². The van der Waals surface area contributed by atoms with E-state index >= 15 is 0 Å². The third kappa shape index (κ3) is 2.52. The van der Waals surface area contributed by atoms with Crippen molar-refractivity contribution in [2.75, 3.05) is 11.1 Å². The maximum atomic E-state index is 11.9. The van der Waals surface area contributed by atoms with Crippen LogP contribution in [0.4, 0.5) is 11.4 Å². The van der Waals surface area contributed by atoms with Crippen molar-refractivity contribution in [2.45, 2.75) is 0 Å². The lowest BCUT2D eigenvalue weighted by Gasteiger charge is -2.09. The van der Waals surface area contributed by atoms with E-state index in [0.29, 0.717) is 16.4 Å². The van der Waals surface area contributed by atoms with Gasteiger partial charge in [-0.05, 0) is 18.2 Å². The fraction of sp³-hybridized carbons (Fsp3) is 0. The molecule has 2 aromatic rings. The Morgan fingerprint density at radius 1 is 1.22 bits per heavy atom.